The van der Waals surface area contributed by atoms with Crippen LogP contribution in [-0.2, 0) is 9.47 Å². The summed E-state index contributed by atoms with van der Waals surface area (Å²) >= 11 is 0. The average molecular weight is 158 g/mol. The van der Waals surface area contributed by atoms with E-state index in [0.717, 1.165) is 6.42 Å². The molecule has 1 N–H and O–H groups in total. The number of aliphatic hydroxyl groups excluding tert-OH is 1. The second-order valence-corrected chi connectivity index (χ2v) is 3.48. The van der Waals surface area contributed by atoms with Crippen LogP contribution in [0.3, 0.4) is 0 Å². The Bertz CT molecular complexity index is 151. The molecule has 0 aromatic carbocycles. The van der Waals surface area contributed by atoms with Gasteiger partial charge in [0, 0.05) is 12.3 Å². The van der Waals surface area contributed by atoms with Crippen molar-refractivity contribution in [3.8, 4) is 0 Å². The lowest BCUT2D eigenvalue weighted by atomic mass is 9.69. The van der Waals surface area contributed by atoms with Gasteiger partial charge in [-0.1, -0.05) is 6.92 Å². The first-order chi connectivity index (χ1) is 5.28. The number of ether oxygens (including phenoxy) is 2. The van der Waals surface area contributed by atoms with Crippen molar-refractivity contribution >= 4 is 0 Å². The third kappa shape index (κ3) is 0.916. The molecule has 2 atom stereocenters. The van der Waals surface area contributed by atoms with Crippen LogP contribution in [0.5, 0.6) is 0 Å². The van der Waals surface area contributed by atoms with Gasteiger partial charge in [-0.05, 0) is 5.92 Å². The van der Waals surface area contributed by atoms with Crippen LogP contribution in [0.15, 0.2) is 0 Å². The van der Waals surface area contributed by atoms with E-state index in [1.54, 1.807) is 0 Å². The summed E-state index contributed by atoms with van der Waals surface area (Å²) < 4.78 is 10.9. The molecule has 2 fully saturated rings. The fraction of sp³-hybridized carbons (Fsp3) is 1.00. The summed E-state index contributed by atoms with van der Waals surface area (Å²) in [6.45, 7) is 3.67. The van der Waals surface area contributed by atoms with Crippen LogP contribution < -0.4 is 0 Å². The molecule has 0 aromatic rings. The lowest BCUT2D eigenvalue weighted by molar-refractivity contribution is -0.279. The van der Waals surface area contributed by atoms with Crippen molar-refractivity contribution in [2.75, 3.05) is 19.8 Å². The highest BCUT2D eigenvalue weighted by Crippen LogP contribution is 2.48. The van der Waals surface area contributed by atoms with Crippen LogP contribution in [0, 0.1) is 11.8 Å². The smallest absolute Gasteiger partial charge is 0.173 e. The molecule has 0 aromatic heterocycles. The first kappa shape index (κ1) is 7.53. The highest BCUT2D eigenvalue weighted by Gasteiger charge is 2.55. The summed E-state index contributed by atoms with van der Waals surface area (Å²) in [5.74, 6) is 0.344. The molecule has 11 heavy (non-hydrogen) atoms. The SMILES string of the molecule is C[C@H]1CC2(OCCO2)[C@H]1CO. The molecule has 64 valence electrons. The molecule has 0 radical (unpaired) electrons. The third-order valence-corrected chi connectivity index (χ3v) is 2.83. The van der Waals surface area contributed by atoms with Gasteiger partial charge in [-0.2, -0.15) is 0 Å². The Kier molecular flexibility index (Phi) is 1.67. The molecule has 2 aliphatic rings. The molecule has 1 heterocycles. The maximum atomic E-state index is 9.02. The van der Waals surface area contributed by atoms with E-state index in [4.69, 9.17) is 14.6 Å². The van der Waals surface area contributed by atoms with E-state index in [-0.39, 0.29) is 12.5 Å². The molecular weight excluding hydrogens is 144 g/mol. The van der Waals surface area contributed by atoms with Crippen LogP contribution in [0.4, 0.5) is 0 Å². The van der Waals surface area contributed by atoms with E-state index in [9.17, 15) is 0 Å². The fourth-order valence-corrected chi connectivity index (χ4v) is 2.14. The topological polar surface area (TPSA) is 38.7 Å². The van der Waals surface area contributed by atoms with E-state index in [1.165, 1.54) is 0 Å². The number of rotatable bonds is 1. The molecule has 1 aliphatic heterocycles. The zero-order chi connectivity index (χ0) is 7.90. The van der Waals surface area contributed by atoms with E-state index in [1.807, 2.05) is 0 Å². The highest BCUT2D eigenvalue weighted by molar-refractivity contribution is 4.96. The molecule has 1 saturated heterocycles. The zero-order valence-corrected chi connectivity index (χ0v) is 6.75. The van der Waals surface area contributed by atoms with Gasteiger partial charge in [0.1, 0.15) is 0 Å². The maximum absolute atomic E-state index is 9.02. The van der Waals surface area contributed by atoms with Gasteiger partial charge in [0.15, 0.2) is 5.79 Å². The van der Waals surface area contributed by atoms with Gasteiger partial charge in [-0.15, -0.1) is 0 Å². The van der Waals surface area contributed by atoms with Crippen molar-refractivity contribution in [3.63, 3.8) is 0 Å². The molecule has 3 heteroatoms. The normalized spacial score (nSPS) is 40.9. The van der Waals surface area contributed by atoms with Crippen molar-refractivity contribution in [2.45, 2.75) is 19.1 Å². The van der Waals surface area contributed by atoms with E-state index >= 15 is 0 Å². The summed E-state index contributed by atoms with van der Waals surface area (Å²) in [4.78, 5) is 0. The molecule has 0 unspecified atom stereocenters. The lowest BCUT2D eigenvalue weighted by Gasteiger charge is -2.48. The highest BCUT2D eigenvalue weighted by atomic mass is 16.7. The Morgan fingerprint density at radius 2 is 2.09 bits per heavy atom. The minimum atomic E-state index is -0.395. The molecular formula is C8H14O3. The van der Waals surface area contributed by atoms with E-state index in [0.29, 0.717) is 19.1 Å². The summed E-state index contributed by atoms with van der Waals surface area (Å²) in [5.41, 5.74) is 0. The molecule has 1 saturated carbocycles. The number of hydrogen-bond acceptors (Lipinski definition) is 3. The van der Waals surface area contributed by atoms with Crippen molar-refractivity contribution in [2.24, 2.45) is 11.8 Å². The molecule has 1 spiro atoms. The second-order valence-electron chi connectivity index (χ2n) is 3.48. The Labute approximate surface area is 66.3 Å². The van der Waals surface area contributed by atoms with Crippen molar-refractivity contribution in [3.05, 3.63) is 0 Å². The predicted molar refractivity (Wildman–Crippen MR) is 39.0 cm³/mol. The molecule has 3 nitrogen and oxygen atoms in total. The van der Waals surface area contributed by atoms with Gasteiger partial charge in [-0.25, -0.2) is 0 Å². The quantitative estimate of drug-likeness (QED) is 0.599. The van der Waals surface area contributed by atoms with Crippen LogP contribution in [0.2, 0.25) is 0 Å². The molecule has 1 aliphatic carbocycles. The molecule has 2 rings (SSSR count). The van der Waals surface area contributed by atoms with Gasteiger partial charge in [-0.3, -0.25) is 0 Å². The van der Waals surface area contributed by atoms with Gasteiger partial charge < -0.3 is 14.6 Å². The minimum Gasteiger partial charge on any atom is -0.396 e. The summed E-state index contributed by atoms with van der Waals surface area (Å²) in [7, 11) is 0. The Balaban J connectivity index is 2.04. The van der Waals surface area contributed by atoms with Crippen LogP contribution in [-0.4, -0.2) is 30.7 Å². The largest absolute Gasteiger partial charge is 0.396 e. The standard InChI is InChI=1S/C8H14O3/c1-6-4-8(7(6)5-9)10-2-3-11-8/h6-7,9H,2-5H2,1H3/t6-,7-/m0/s1. The first-order valence-corrected chi connectivity index (χ1v) is 4.17. The van der Waals surface area contributed by atoms with Crippen molar-refractivity contribution < 1.29 is 14.6 Å². The predicted octanol–water partition coefficient (Wildman–Crippen LogP) is 0.378. The summed E-state index contributed by atoms with van der Waals surface area (Å²) in [6.07, 6.45) is 0.943. The third-order valence-electron chi connectivity index (χ3n) is 2.83. The zero-order valence-electron chi connectivity index (χ0n) is 6.75. The van der Waals surface area contributed by atoms with Crippen molar-refractivity contribution in [1.82, 2.24) is 0 Å². The second kappa shape index (κ2) is 2.44. The molecule has 0 bridgehead atoms. The van der Waals surface area contributed by atoms with E-state index in [2.05, 4.69) is 6.92 Å². The monoisotopic (exact) mass is 158 g/mol. The van der Waals surface area contributed by atoms with Gasteiger partial charge in [0.2, 0.25) is 0 Å². The Hall–Kier alpha value is -0.120. The minimum absolute atomic E-state index is 0.182. The first-order valence-electron chi connectivity index (χ1n) is 4.17. The van der Waals surface area contributed by atoms with Gasteiger partial charge in [0.05, 0.1) is 19.8 Å². The number of aliphatic hydroxyl groups is 1. The lowest BCUT2D eigenvalue weighted by Crippen LogP contribution is -2.55. The Morgan fingerprint density at radius 1 is 1.45 bits per heavy atom. The van der Waals surface area contributed by atoms with Crippen LogP contribution in [0.25, 0.3) is 0 Å². The van der Waals surface area contributed by atoms with Crippen LogP contribution in [0.1, 0.15) is 13.3 Å². The summed E-state index contributed by atoms with van der Waals surface area (Å²) in [6, 6.07) is 0. The maximum Gasteiger partial charge on any atom is 0.173 e. The molecule has 0 amide bonds. The average Bonchev–Trinajstić information content (AvgIpc) is 2.38. The Morgan fingerprint density at radius 3 is 2.55 bits per heavy atom. The van der Waals surface area contributed by atoms with Crippen molar-refractivity contribution in [1.29, 1.82) is 0 Å². The van der Waals surface area contributed by atoms with E-state index < -0.39 is 5.79 Å². The number of hydrogen-bond donors (Lipinski definition) is 1. The van der Waals surface area contributed by atoms with Gasteiger partial charge >= 0.3 is 0 Å². The fourth-order valence-electron chi connectivity index (χ4n) is 2.14. The van der Waals surface area contributed by atoms with Crippen LogP contribution >= 0.6 is 0 Å². The summed E-state index contributed by atoms with van der Waals surface area (Å²) in [5, 5.41) is 9.02. The van der Waals surface area contributed by atoms with Gasteiger partial charge in [0.25, 0.3) is 0 Å².